The summed E-state index contributed by atoms with van der Waals surface area (Å²) >= 11 is 0. The van der Waals surface area contributed by atoms with Gasteiger partial charge < -0.3 is 14.6 Å². The Morgan fingerprint density at radius 3 is 2.52 bits per heavy atom. The lowest BCUT2D eigenvalue weighted by molar-refractivity contribution is 0.0859. The number of nitrogens with zero attached hydrogens (tertiary/aromatic N) is 4. The summed E-state index contributed by atoms with van der Waals surface area (Å²) in [5, 5.41) is 10.9. The van der Waals surface area contributed by atoms with Crippen LogP contribution in [0.3, 0.4) is 0 Å². The van der Waals surface area contributed by atoms with E-state index in [2.05, 4.69) is 25.4 Å². The molecule has 0 spiro atoms. The fourth-order valence-electron chi connectivity index (χ4n) is 3.85. The second-order valence-corrected chi connectivity index (χ2v) is 6.87. The summed E-state index contributed by atoms with van der Waals surface area (Å²) in [6.45, 7) is 2.11. The number of nitrogens with one attached hydrogen (secondary N) is 1. The molecule has 0 aromatic carbocycles. The van der Waals surface area contributed by atoms with E-state index in [0.717, 1.165) is 37.5 Å². The van der Waals surface area contributed by atoms with Gasteiger partial charge in [0, 0.05) is 43.1 Å². The summed E-state index contributed by atoms with van der Waals surface area (Å²) in [7, 11) is 0. The summed E-state index contributed by atoms with van der Waals surface area (Å²) < 4.78 is 5.50. The van der Waals surface area contributed by atoms with Gasteiger partial charge in [-0.3, -0.25) is 9.78 Å². The summed E-state index contributed by atoms with van der Waals surface area (Å²) in [5.41, 5.74) is 0.756. The van der Waals surface area contributed by atoms with Gasteiger partial charge in [-0.1, -0.05) is 12.8 Å². The molecule has 7 nitrogen and oxygen atoms in total. The van der Waals surface area contributed by atoms with Crippen LogP contribution in [0.25, 0.3) is 11.5 Å². The van der Waals surface area contributed by atoms with Crippen molar-refractivity contribution >= 4 is 5.91 Å². The summed E-state index contributed by atoms with van der Waals surface area (Å²) in [4.78, 5) is 18.9. The molecular weight excluding hydrogens is 318 g/mol. The van der Waals surface area contributed by atoms with Crippen LogP contribution in [0.15, 0.2) is 28.9 Å². The number of carbonyl (C=O) groups is 1. The molecule has 0 atom stereocenters. The molecule has 0 radical (unpaired) electrons. The van der Waals surface area contributed by atoms with Crippen molar-refractivity contribution in [3.8, 4) is 11.5 Å². The minimum absolute atomic E-state index is 0.0186. The third kappa shape index (κ3) is 3.71. The van der Waals surface area contributed by atoms with Crippen molar-refractivity contribution in [2.24, 2.45) is 0 Å². The molecule has 2 aliphatic rings. The predicted octanol–water partition coefficient (Wildman–Crippen LogP) is 2.27. The van der Waals surface area contributed by atoms with Gasteiger partial charge in [0.1, 0.15) is 0 Å². The summed E-state index contributed by atoms with van der Waals surface area (Å²) in [5.74, 6) is 0.0701. The standard InChI is InChI=1S/C18H23N5O2/c24-16(18-22-21-17(25-18)13-5-9-19-10-6-13)20-14-7-11-23(12-8-14)15-3-1-2-4-15/h5-6,9-10,14-15H,1-4,7-8,11-12H2,(H,20,24). The Morgan fingerprint density at radius 2 is 1.80 bits per heavy atom. The van der Waals surface area contributed by atoms with Crippen LogP contribution in [0.4, 0.5) is 0 Å². The molecule has 2 aromatic rings. The number of piperidine rings is 1. The first-order valence-corrected chi connectivity index (χ1v) is 9.08. The molecular formula is C18H23N5O2. The predicted molar refractivity (Wildman–Crippen MR) is 91.8 cm³/mol. The number of rotatable bonds is 4. The SMILES string of the molecule is O=C(NC1CCN(C2CCCC2)CC1)c1nnc(-c2ccncc2)o1. The van der Waals surface area contributed by atoms with Gasteiger partial charge in [-0.2, -0.15) is 0 Å². The Balaban J connectivity index is 1.31. The van der Waals surface area contributed by atoms with E-state index in [1.165, 1.54) is 25.7 Å². The van der Waals surface area contributed by atoms with Gasteiger partial charge in [0.15, 0.2) is 0 Å². The molecule has 1 N–H and O–H groups in total. The molecule has 7 heteroatoms. The lowest BCUT2D eigenvalue weighted by atomic mass is 10.0. The molecule has 1 amide bonds. The highest BCUT2D eigenvalue weighted by Crippen LogP contribution is 2.26. The third-order valence-corrected chi connectivity index (χ3v) is 5.25. The van der Waals surface area contributed by atoms with Gasteiger partial charge in [-0.05, 0) is 37.8 Å². The Kier molecular flexibility index (Phi) is 4.74. The number of likely N-dealkylation sites (tertiary alicyclic amines) is 1. The second-order valence-electron chi connectivity index (χ2n) is 6.87. The molecule has 1 aliphatic heterocycles. The van der Waals surface area contributed by atoms with Crippen LogP contribution in [0.1, 0.15) is 49.2 Å². The Hall–Kier alpha value is -2.28. The van der Waals surface area contributed by atoms with Crippen molar-refractivity contribution in [1.82, 2.24) is 25.4 Å². The minimum atomic E-state index is -0.285. The smallest absolute Gasteiger partial charge is 0.309 e. The maximum atomic E-state index is 12.4. The molecule has 2 aromatic heterocycles. The molecule has 4 rings (SSSR count). The Bertz CT molecular complexity index is 703. The van der Waals surface area contributed by atoms with Crippen LogP contribution in [-0.2, 0) is 0 Å². The number of hydrogen-bond donors (Lipinski definition) is 1. The van der Waals surface area contributed by atoms with Crippen LogP contribution in [0, 0.1) is 0 Å². The average molecular weight is 341 g/mol. The first-order chi connectivity index (χ1) is 12.3. The number of carbonyl (C=O) groups excluding carboxylic acids is 1. The number of amides is 1. The van der Waals surface area contributed by atoms with Crippen molar-refractivity contribution in [1.29, 1.82) is 0 Å². The topological polar surface area (TPSA) is 84.2 Å². The molecule has 2 fully saturated rings. The number of pyridine rings is 1. The maximum absolute atomic E-state index is 12.4. The lowest BCUT2D eigenvalue weighted by Gasteiger charge is -2.36. The van der Waals surface area contributed by atoms with E-state index < -0.39 is 0 Å². The molecule has 0 unspecified atom stereocenters. The Labute approximate surface area is 146 Å². The molecule has 132 valence electrons. The maximum Gasteiger partial charge on any atom is 0.309 e. The molecule has 25 heavy (non-hydrogen) atoms. The quantitative estimate of drug-likeness (QED) is 0.918. The largest absolute Gasteiger partial charge is 0.412 e. The number of hydrogen-bond acceptors (Lipinski definition) is 6. The molecule has 3 heterocycles. The Morgan fingerprint density at radius 1 is 1.08 bits per heavy atom. The lowest BCUT2D eigenvalue weighted by Crippen LogP contribution is -2.47. The molecule has 1 saturated heterocycles. The van der Waals surface area contributed by atoms with Crippen LogP contribution in [0.2, 0.25) is 0 Å². The first kappa shape index (κ1) is 16.2. The van der Waals surface area contributed by atoms with Crippen molar-refractivity contribution in [2.75, 3.05) is 13.1 Å². The monoisotopic (exact) mass is 341 g/mol. The molecule has 1 aliphatic carbocycles. The van der Waals surface area contributed by atoms with E-state index in [4.69, 9.17) is 4.42 Å². The van der Waals surface area contributed by atoms with Crippen molar-refractivity contribution in [3.05, 3.63) is 30.4 Å². The zero-order valence-electron chi connectivity index (χ0n) is 14.2. The first-order valence-electron chi connectivity index (χ1n) is 9.08. The zero-order chi connectivity index (χ0) is 17.1. The van der Waals surface area contributed by atoms with Crippen LogP contribution >= 0.6 is 0 Å². The van der Waals surface area contributed by atoms with E-state index in [1.807, 2.05) is 0 Å². The van der Waals surface area contributed by atoms with Crippen LogP contribution in [-0.4, -0.2) is 51.2 Å². The molecule has 0 bridgehead atoms. The van der Waals surface area contributed by atoms with Gasteiger partial charge in [0.2, 0.25) is 5.89 Å². The highest BCUT2D eigenvalue weighted by atomic mass is 16.4. The second kappa shape index (κ2) is 7.31. The van der Waals surface area contributed by atoms with Gasteiger partial charge in [-0.15, -0.1) is 10.2 Å². The van der Waals surface area contributed by atoms with Crippen LogP contribution in [0.5, 0.6) is 0 Å². The van der Waals surface area contributed by atoms with E-state index in [1.54, 1.807) is 24.5 Å². The van der Waals surface area contributed by atoms with Crippen LogP contribution < -0.4 is 5.32 Å². The number of aromatic nitrogens is 3. The van der Waals surface area contributed by atoms with Gasteiger partial charge in [-0.25, -0.2) is 0 Å². The zero-order valence-corrected chi connectivity index (χ0v) is 14.2. The van der Waals surface area contributed by atoms with Crippen molar-refractivity contribution in [2.45, 2.75) is 50.6 Å². The normalized spacial score (nSPS) is 20.0. The van der Waals surface area contributed by atoms with Gasteiger partial charge >= 0.3 is 11.8 Å². The van der Waals surface area contributed by atoms with E-state index >= 15 is 0 Å². The molecule has 1 saturated carbocycles. The van der Waals surface area contributed by atoms with Gasteiger partial charge in [0.25, 0.3) is 0 Å². The highest BCUT2D eigenvalue weighted by Gasteiger charge is 2.28. The van der Waals surface area contributed by atoms with Crippen molar-refractivity contribution < 1.29 is 9.21 Å². The summed E-state index contributed by atoms with van der Waals surface area (Å²) in [6, 6.07) is 4.49. The fourth-order valence-corrected chi connectivity index (χ4v) is 3.85. The van der Waals surface area contributed by atoms with E-state index in [0.29, 0.717) is 5.89 Å². The highest BCUT2D eigenvalue weighted by molar-refractivity contribution is 5.89. The fraction of sp³-hybridized carbons (Fsp3) is 0.556. The summed E-state index contributed by atoms with van der Waals surface area (Å²) in [6.07, 6.45) is 10.6. The van der Waals surface area contributed by atoms with E-state index in [9.17, 15) is 4.79 Å². The average Bonchev–Trinajstić information content (AvgIpc) is 3.35. The third-order valence-electron chi connectivity index (χ3n) is 5.25. The minimum Gasteiger partial charge on any atom is -0.412 e. The van der Waals surface area contributed by atoms with Gasteiger partial charge in [0.05, 0.1) is 0 Å². The van der Waals surface area contributed by atoms with E-state index in [-0.39, 0.29) is 17.8 Å². The van der Waals surface area contributed by atoms with Crippen molar-refractivity contribution in [3.63, 3.8) is 0 Å².